The van der Waals surface area contributed by atoms with Crippen LogP contribution in [0.3, 0.4) is 0 Å². The molecule has 0 spiro atoms. The third kappa shape index (κ3) is 2.63. The summed E-state index contributed by atoms with van der Waals surface area (Å²) in [5.41, 5.74) is 4.93. The Kier molecular flexibility index (Phi) is 3.17. The lowest BCUT2D eigenvalue weighted by molar-refractivity contribution is 0.102. The van der Waals surface area contributed by atoms with Gasteiger partial charge in [-0.25, -0.2) is 9.50 Å². The molecule has 0 aliphatic carbocycles. The minimum Gasteiger partial charge on any atom is -0.321 e. The molecule has 5 nitrogen and oxygen atoms in total. The molecule has 106 valence electrons. The van der Waals surface area contributed by atoms with E-state index in [-0.39, 0.29) is 5.91 Å². The van der Waals surface area contributed by atoms with Gasteiger partial charge in [-0.3, -0.25) is 4.79 Å². The van der Waals surface area contributed by atoms with Crippen LogP contribution in [0.2, 0.25) is 0 Å². The smallest absolute Gasteiger partial charge is 0.274 e. The molecule has 0 saturated carbocycles. The molecule has 2 heterocycles. The molecule has 3 rings (SSSR count). The van der Waals surface area contributed by atoms with E-state index in [1.165, 1.54) is 0 Å². The van der Waals surface area contributed by atoms with Crippen LogP contribution in [0.15, 0.2) is 36.5 Å². The van der Waals surface area contributed by atoms with Crippen LogP contribution < -0.4 is 5.32 Å². The summed E-state index contributed by atoms with van der Waals surface area (Å²) in [5, 5.41) is 7.04. The first-order valence-electron chi connectivity index (χ1n) is 6.74. The number of hydrogen-bond donors (Lipinski definition) is 1. The second-order valence-electron chi connectivity index (χ2n) is 5.21. The summed E-state index contributed by atoms with van der Waals surface area (Å²) in [6.45, 7) is 5.90. The van der Waals surface area contributed by atoms with E-state index in [4.69, 9.17) is 0 Å². The zero-order chi connectivity index (χ0) is 15.0. The Hall–Kier alpha value is -2.69. The number of fused-ring (bicyclic) bond motifs is 1. The predicted octanol–water partition coefficient (Wildman–Crippen LogP) is 2.91. The highest BCUT2D eigenvalue weighted by molar-refractivity contribution is 6.03. The van der Waals surface area contributed by atoms with Crippen molar-refractivity contribution in [2.75, 3.05) is 5.32 Å². The van der Waals surface area contributed by atoms with Gasteiger partial charge in [0.2, 0.25) is 0 Å². The van der Waals surface area contributed by atoms with Crippen molar-refractivity contribution in [2.24, 2.45) is 0 Å². The number of nitrogens with one attached hydrogen (secondary N) is 1. The first-order chi connectivity index (χ1) is 10.0. The number of benzene rings is 1. The van der Waals surface area contributed by atoms with Crippen molar-refractivity contribution in [1.82, 2.24) is 14.6 Å². The standard InChI is InChI=1S/C16H16N4O/c1-10-6-11(2)8-13(7-10)18-16(21)14-9-12(3)20-15(19-14)4-5-17-20/h4-9H,1-3H3,(H,18,21). The van der Waals surface area contributed by atoms with Gasteiger partial charge in [0.25, 0.3) is 5.91 Å². The van der Waals surface area contributed by atoms with E-state index in [0.29, 0.717) is 11.3 Å². The van der Waals surface area contributed by atoms with Crippen LogP contribution in [-0.4, -0.2) is 20.5 Å². The molecule has 0 unspecified atom stereocenters. The molecular formula is C16H16N4O. The third-order valence-electron chi connectivity index (χ3n) is 3.25. The lowest BCUT2D eigenvalue weighted by atomic mass is 10.1. The van der Waals surface area contributed by atoms with Gasteiger partial charge in [-0.2, -0.15) is 5.10 Å². The summed E-state index contributed by atoms with van der Waals surface area (Å²) in [6, 6.07) is 9.46. The second kappa shape index (κ2) is 5.01. The van der Waals surface area contributed by atoms with Crippen molar-refractivity contribution in [2.45, 2.75) is 20.8 Å². The quantitative estimate of drug-likeness (QED) is 0.785. The Bertz CT molecular complexity index is 815. The highest BCUT2D eigenvalue weighted by Crippen LogP contribution is 2.15. The Morgan fingerprint density at radius 3 is 2.52 bits per heavy atom. The van der Waals surface area contributed by atoms with E-state index in [9.17, 15) is 4.79 Å². The number of aromatic nitrogens is 3. The molecule has 1 N–H and O–H groups in total. The average molecular weight is 280 g/mol. The van der Waals surface area contributed by atoms with Gasteiger partial charge >= 0.3 is 0 Å². The zero-order valence-electron chi connectivity index (χ0n) is 12.2. The maximum absolute atomic E-state index is 12.4. The topological polar surface area (TPSA) is 59.3 Å². The number of rotatable bonds is 2. The highest BCUT2D eigenvalue weighted by Gasteiger charge is 2.11. The Balaban J connectivity index is 1.93. The minimum atomic E-state index is -0.216. The van der Waals surface area contributed by atoms with Gasteiger partial charge in [0, 0.05) is 17.4 Å². The van der Waals surface area contributed by atoms with Crippen LogP contribution in [-0.2, 0) is 0 Å². The maximum atomic E-state index is 12.4. The van der Waals surface area contributed by atoms with Gasteiger partial charge in [0.1, 0.15) is 5.69 Å². The normalized spacial score (nSPS) is 10.8. The van der Waals surface area contributed by atoms with Crippen molar-refractivity contribution >= 4 is 17.2 Å². The van der Waals surface area contributed by atoms with Crippen LogP contribution in [0.5, 0.6) is 0 Å². The molecule has 0 fully saturated rings. The summed E-state index contributed by atoms with van der Waals surface area (Å²) in [5.74, 6) is -0.216. The Morgan fingerprint density at radius 2 is 1.81 bits per heavy atom. The zero-order valence-corrected chi connectivity index (χ0v) is 12.2. The predicted molar refractivity (Wildman–Crippen MR) is 81.6 cm³/mol. The summed E-state index contributed by atoms with van der Waals surface area (Å²) in [4.78, 5) is 16.7. The molecule has 0 aliphatic rings. The second-order valence-corrected chi connectivity index (χ2v) is 5.21. The fourth-order valence-corrected chi connectivity index (χ4v) is 2.43. The van der Waals surface area contributed by atoms with Crippen molar-refractivity contribution in [1.29, 1.82) is 0 Å². The molecule has 0 bridgehead atoms. The fraction of sp³-hybridized carbons (Fsp3) is 0.188. The van der Waals surface area contributed by atoms with Crippen molar-refractivity contribution in [3.8, 4) is 0 Å². The van der Waals surface area contributed by atoms with Crippen LogP contribution in [0.4, 0.5) is 5.69 Å². The molecule has 0 atom stereocenters. The van der Waals surface area contributed by atoms with E-state index in [2.05, 4.69) is 21.5 Å². The molecule has 3 aromatic rings. The van der Waals surface area contributed by atoms with E-state index < -0.39 is 0 Å². The fourth-order valence-electron chi connectivity index (χ4n) is 2.43. The summed E-state index contributed by atoms with van der Waals surface area (Å²) in [7, 11) is 0. The van der Waals surface area contributed by atoms with Crippen LogP contribution in [0.1, 0.15) is 27.3 Å². The molecule has 0 saturated heterocycles. The molecule has 21 heavy (non-hydrogen) atoms. The Morgan fingerprint density at radius 1 is 1.10 bits per heavy atom. The van der Waals surface area contributed by atoms with Gasteiger partial charge in [-0.1, -0.05) is 6.07 Å². The highest BCUT2D eigenvalue weighted by atomic mass is 16.1. The van der Waals surface area contributed by atoms with Crippen molar-refractivity contribution in [3.05, 3.63) is 59.0 Å². The van der Waals surface area contributed by atoms with Gasteiger partial charge in [0.15, 0.2) is 5.65 Å². The van der Waals surface area contributed by atoms with Gasteiger partial charge in [-0.15, -0.1) is 0 Å². The van der Waals surface area contributed by atoms with Crippen LogP contribution in [0, 0.1) is 20.8 Å². The number of hydrogen-bond acceptors (Lipinski definition) is 3. The van der Waals surface area contributed by atoms with E-state index in [1.807, 2.05) is 32.9 Å². The van der Waals surface area contributed by atoms with E-state index >= 15 is 0 Å². The molecule has 0 aliphatic heterocycles. The number of carbonyl (C=O) groups excluding carboxylic acids is 1. The summed E-state index contributed by atoms with van der Waals surface area (Å²) < 4.78 is 1.70. The van der Waals surface area contributed by atoms with E-state index in [0.717, 1.165) is 22.5 Å². The largest absolute Gasteiger partial charge is 0.321 e. The number of anilines is 1. The lowest BCUT2D eigenvalue weighted by Gasteiger charge is -2.08. The molecule has 1 aromatic carbocycles. The van der Waals surface area contributed by atoms with Crippen molar-refractivity contribution in [3.63, 3.8) is 0 Å². The Labute approximate surface area is 122 Å². The summed E-state index contributed by atoms with van der Waals surface area (Å²) in [6.07, 6.45) is 1.67. The average Bonchev–Trinajstić information content (AvgIpc) is 2.86. The number of carbonyl (C=O) groups is 1. The molecule has 2 aromatic heterocycles. The SMILES string of the molecule is Cc1cc(C)cc(NC(=O)c2cc(C)n3nccc3n2)c1. The monoisotopic (exact) mass is 280 g/mol. The third-order valence-corrected chi connectivity index (χ3v) is 3.25. The number of nitrogens with zero attached hydrogens (tertiary/aromatic N) is 3. The number of amides is 1. The number of aryl methyl sites for hydroxylation is 3. The molecular weight excluding hydrogens is 264 g/mol. The van der Waals surface area contributed by atoms with Gasteiger partial charge < -0.3 is 5.32 Å². The van der Waals surface area contributed by atoms with Gasteiger partial charge in [0.05, 0.1) is 6.20 Å². The van der Waals surface area contributed by atoms with Gasteiger partial charge in [-0.05, 0) is 50.1 Å². The molecule has 5 heteroatoms. The maximum Gasteiger partial charge on any atom is 0.274 e. The first-order valence-corrected chi connectivity index (χ1v) is 6.74. The van der Waals surface area contributed by atoms with Crippen LogP contribution >= 0.6 is 0 Å². The molecule has 0 radical (unpaired) electrons. The first kappa shape index (κ1) is 13.3. The molecule has 1 amide bonds. The van der Waals surface area contributed by atoms with Crippen molar-refractivity contribution < 1.29 is 4.79 Å². The van der Waals surface area contributed by atoms with Crippen LogP contribution in [0.25, 0.3) is 5.65 Å². The van der Waals surface area contributed by atoms with E-state index in [1.54, 1.807) is 22.8 Å². The summed E-state index contributed by atoms with van der Waals surface area (Å²) >= 11 is 0. The minimum absolute atomic E-state index is 0.216. The lowest BCUT2D eigenvalue weighted by Crippen LogP contribution is -2.15.